The molecule has 2 fully saturated rings. The molecule has 1 saturated carbocycles. The number of ketones is 1. The zero-order chi connectivity index (χ0) is 46.8. The molecule has 7 N–H and O–H groups in total. The quantitative estimate of drug-likeness (QED) is 0.0239. The van der Waals surface area contributed by atoms with Gasteiger partial charge in [-0.2, -0.15) is 5.48 Å². The normalized spacial score (nSPS) is 18.0. The molecule has 15 heteroatoms. The van der Waals surface area contributed by atoms with E-state index >= 15 is 0 Å². The molecule has 5 unspecified atom stereocenters. The first-order valence-electron chi connectivity index (χ1n) is 25.6. The molecule has 5 amide bonds. The number of hydrogen-bond acceptors (Lipinski definition) is 9. The Hall–Kier alpha value is -3.59. The first kappa shape index (κ1) is 56.5. The van der Waals surface area contributed by atoms with E-state index in [0.29, 0.717) is 45.1 Å². The molecule has 0 radical (unpaired) electrons. The number of carboxylic acids is 1. The summed E-state index contributed by atoms with van der Waals surface area (Å²) in [6.45, 7) is 4.55. The molecule has 2 rings (SSSR count). The van der Waals surface area contributed by atoms with Crippen LogP contribution in [0.15, 0.2) is 0 Å². The molecule has 1 heterocycles. The number of nitrogens with one attached hydrogen (secondary N) is 5. The Balaban J connectivity index is 1.93. The zero-order valence-electron chi connectivity index (χ0n) is 39.8. The molecule has 0 aromatic carbocycles. The maximum Gasteiger partial charge on any atom is 0.303 e. The smallest absolute Gasteiger partial charge is 0.303 e. The molecule has 5 atom stereocenters. The van der Waals surface area contributed by atoms with Crippen LogP contribution < -0.4 is 26.7 Å². The minimum Gasteiger partial charge on any atom is -0.481 e. The second-order valence-corrected chi connectivity index (χ2v) is 18.4. The molecule has 368 valence electrons. The van der Waals surface area contributed by atoms with Crippen molar-refractivity contribution in [1.29, 1.82) is 0 Å². The summed E-state index contributed by atoms with van der Waals surface area (Å²) in [5, 5.41) is 29.1. The van der Waals surface area contributed by atoms with E-state index in [9.17, 15) is 38.8 Å². The standard InChI is InChI=1S/C49H88N6O9/c1-3-5-7-9-11-13-15-17-19-21-23-30-43(56)38-27-25-28-39(38)46(60)52-37-41(48(62)51-35-34-50-47(61)40(54-64)32-33-45(58)59)53-49(63)42-29-26-36-55(42)44(57)31-24-22-20-18-16-14-12-10-8-6-4-2/h38-42,54,64H,3-37H2,1-2H3,(H,50,61)(H,51,62)(H,52,60)(H,53,63)(H,58,59). The van der Waals surface area contributed by atoms with Crippen LogP contribution in [-0.4, -0.2) is 101 Å². The van der Waals surface area contributed by atoms with Gasteiger partial charge in [0.25, 0.3) is 0 Å². The maximum atomic E-state index is 13.8. The second kappa shape index (κ2) is 35.6. The lowest BCUT2D eigenvalue weighted by Crippen LogP contribution is -2.57. The minimum absolute atomic E-state index is 0.0577. The van der Waals surface area contributed by atoms with Crippen LogP contribution in [0.3, 0.4) is 0 Å². The summed E-state index contributed by atoms with van der Waals surface area (Å²) < 4.78 is 0. The van der Waals surface area contributed by atoms with Gasteiger partial charge in [0.2, 0.25) is 29.5 Å². The van der Waals surface area contributed by atoms with E-state index in [4.69, 9.17) is 5.11 Å². The SMILES string of the molecule is CCCCCCCCCCCCCC(=O)C1CCCC1C(=O)NCC(NC(=O)C1CCCN1C(=O)CCCCCCCCCCCCC)C(=O)NCCNC(=O)C(CCC(=O)O)NO. The summed E-state index contributed by atoms with van der Waals surface area (Å²) in [7, 11) is 0. The number of hydroxylamine groups is 1. The number of nitrogens with zero attached hydrogens (tertiary/aromatic N) is 1. The van der Waals surface area contributed by atoms with Crippen LogP contribution in [0.2, 0.25) is 0 Å². The van der Waals surface area contributed by atoms with Gasteiger partial charge in [0.1, 0.15) is 23.9 Å². The van der Waals surface area contributed by atoms with Crippen LogP contribution >= 0.6 is 0 Å². The Labute approximate surface area is 384 Å². The van der Waals surface area contributed by atoms with Crippen molar-refractivity contribution in [2.24, 2.45) is 11.8 Å². The fourth-order valence-corrected chi connectivity index (χ4v) is 9.18. The van der Waals surface area contributed by atoms with E-state index in [1.165, 1.54) is 96.3 Å². The van der Waals surface area contributed by atoms with Gasteiger partial charge in [-0.25, -0.2) is 0 Å². The molecule has 1 saturated heterocycles. The Bertz CT molecular complexity index is 1370. The zero-order valence-corrected chi connectivity index (χ0v) is 39.8. The maximum absolute atomic E-state index is 13.8. The topological polar surface area (TPSA) is 223 Å². The van der Waals surface area contributed by atoms with Crippen molar-refractivity contribution in [2.45, 2.75) is 231 Å². The summed E-state index contributed by atoms with van der Waals surface area (Å²) in [5.41, 5.74) is 1.80. The van der Waals surface area contributed by atoms with Gasteiger partial charge in [0, 0.05) is 57.3 Å². The number of carbonyl (C=O) groups is 7. The van der Waals surface area contributed by atoms with Crippen molar-refractivity contribution < 1.29 is 43.9 Å². The van der Waals surface area contributed by atoms with Gasteiger partial charge >= 0.3 is 5.97 Å². The summed E-state index contributed by atoms with van der Waals surface area (Å²) in [6, 6.07) is -3.11. The highest BCUT2D eigenvalue weighted by Gasteiger charge is 2.39. The molecule has 0 bridgehead atoms. The number of unbranched alkanes of at least 4 members (excludes halogenated alkanes) is 20. The predicted octanol–water partition coefficient (Wildman–Crippen LogP) is 7.41. The van der Waals surface area contributed by atoms with Crippen molar-refractivity contribution in [3.63, 3.8) is 0 Å². The van der Waals surface area contributed by atoms with Gasteiger partial charge < -0.3 is 36.5 Å². The van der Waals surface area contributed by atoms with Crippen LogP contribution in [-0.2, 0) is 33.6 Å². The molecule has 1 aliphatic heterocycles. The summed E-state index contributed by atoms with van der Waals surface area (Å²) in [6.07, 6.45) is 29.4. The molecule has 0 aromatic heterocycles. The van der Waals surface area contributed by atoms with Crippen molar-refractivity contribution in [3.8, 4) is 0 Å². The average Bonchev–Trinajstić information content (AvgIpc) is 3.99. The van der Waals surface area contributed by atoms with Gasteiger partial charge in [0.05, 0.1) is 0 Å². The third-order valence-electron chi connectivity index (χ3n) is 13.1. The van der Waals surface area contributed by atoms with Crippen molar-refractivity contribution in [2.75, 3.05) is 26.2 Å². The van der Waals surface area contributed by atoms with E-state index in [0.717, 1.165) is 51.4 Å². The molecular weight excluding hydrogens is 817 g/mol. The second-order valence-electron chi connectivity index (χ2n) is 18.4. The minimum atomic E-state index is -1.20. The van der Waals surface area contributed by atoms with Crippen LogP contribution in [0.5, 0.6) is 0 Å². The van der Waals surface area contributed by atoms with Crippen LogP contribution in [0.25, 0.3) is 0 Å². The molecular formula is C49H88N6O9. The van der Waals surface area contributed by atoms with E-state index in [2.05, 4.69) is 35.1 Å². The Kier molecular flexibility index (Phi) is 31.5. The Morgan fingerprint density at radius 1 is 0.547 bits per heavy atom. The third kappa shape index (κ3) is 24.1. The molecule has 64 heavy (non-hydrogen) atoms. The first-order chi connectivity index (χ1) is 31.0. The number of likely N-dealkylation sites (tertiary alicyclic amines) is 1. The van der Waals surface area contributed by atoms with Gasteiger partial charge in [-0.05, 0) is 44.9 Å². The van der Waals surface area contributed by atoms with E-state index < -0.39 is 47.7 Å². The van der Waals surface area contributed by atoms with Gasteiger partial charge in [-0.3, -0.25) is 33.6 Å². The van der Waals surface area contributed by atoms with E-state index in [-0.39, 0.29) is 56.0 Å². The molecule has 15 nitrogen and oxygen atoms in total. The van der Waals surface area contributed by atoms with Gasteiger partial charge in [0.15, 0.2) is 0 Å². The number of carbonyl (C=O) groups excluding carboxylic acids is 6. The first-order valence-corrected chi connectivity index (χ1v) is 25.6. The lowest BCUT2D eigenvalue weighted by molar-refractivity contribution is -0.139. The summed E-state index contributed by atoms with van der Waals surface area (Å²) in [4.78, 5) is 92.7. The largest absolute Gasteiger partial charge is 0.481 e. The predicted molar refractivity (Wildman–Crippen MR) is 249 cm³/mol. The lowest BCUT2D eigenvalue weighted by atomic mass is 9.88. The summed E-state index contributed by atoms with van der Waals surface area (Å²) >= 11 is 0. The molecule has 1 aliphatic carbocycles. The van der Waals surface area contributed by atoms with Crippen LogP contribution in [0.4, 0.5) is 0 Å². The van der Waals surface area contributed by atoms with E-state index in [1.807, 2.05) is 0 Å². The lowest BCUT2D eigenvalue weighted by Gasteiger charge is -2.27. The monoisotopic (exact) mass is 905 g/mol. The average molecular weight is 905 g/mol. The van der Waals surface area contributed by atoms with Gasteiger partial charge in [-0.1, -0.05) is 149 Å². The highest BCUT2D eigenvalue weighted by atomic mass is 16.5. The number of carboxylic acid groups (broad SMARTS) is 1. The number of Topliss-reactive ketones (excluding diaryl/α,β-unsaturated/α-hetero) is 1. The highest BCUT2D eigenvalue weighted by molar-refractivity contribution is 5.93. The molecule has 2 aliphatic rings. The Morgan fingerprint density at radius 3 is 1.55 bits per heavy atom. The number of hydrogen-bond donors (Lipinski definition) is 7. The molecule has 0 aromatic rings. The van der Waals surface area contributed by atoms with Crippen molar-refractivity contribution in [3.05, 3.63) is 0 Å². The summed E-state index contributed by atoms with van der Waals surface area (Å²) in [5.74, 6) is -4.06. The number of aliphatic carboxylic acids is 1. The van der Waals surface area contributed by atoms with Crippen molar-refractivity contribution >= 4 is 41.3 Å². The van der Waals surface area contributed by atoms with Crippen LogP contribution in [0.1, 0.15) is 213 Å². The van der Waals surface area contributed by atoms with E-state index in [1.54, 1.807) is 10.4 Å². The van der Waals surface area contributed by atoms with Gasteiger partial charge in [-0.15, -0.1) is 0 Å². The molecule has 0 spiro atoms. The van der Waals surface area contributed by atoms with Crippen molar-refractivity contribution in [1.82, 2.24) is 31.6 Å². The fourth-order valence-electron chi connectivity index (χ4n) is 9.18. The highest BCUT2D eigenvalue weighted by Crippen LogP contribution is 2.34. The third-order valence-corrected chi connectivity index (χ3v) is 13.1. The Morgan fingerprint density at radius 2 is 1.03 bits per heavy atom. The number of amides is 5. The fraction of sp³-hybridized carbons (Fsp3) is 0.857. The number of rotatable bonds is 39. The van der Waals surface area contributed by atoms with Crippen LogP contribution in [0, 0.1) is 11.8 Å².